The molecular formula is C15H22N2O3. The van der Waals surface area contributed by atoms with E-state index in [9.17, 15) is 15.2 Å². The van der Waals surface area contributed by atoms with Crippen molar-refractivity contribution in [3.63, 3.8) is 0 Å². The fraction of sp³-hybridized carbons (Fsp3) is 0.600. The van der Waals surface area contributed by atoms with E-state index in [1.54, 1.807) is 12.1 Å². The molecule has 0 saturated heterocycles. The van der Waals surface area contributed by atoms with Crippen LogP contribution in [0.15, 0.2) is 24.3 Å². The summed E-state index contributed by atoms with van der Waals surface area (Å²) in [5.41, 5.74) is 0.347. The van der Waals surface area contributed by atoms with E-state index in [1.165, 1.54) is 12.5 Å². The zero-order chi connectivity index (χ0) is 14.6. The van der Waals surface area contributed by atoms with Crippen LogP contribution in [0.1, 0.15) is 38.2 Å². The Labute approximate surface area is 119 Å². The number of non-ortho nitro benzene ring substituents is 1. The van der Waals surface area contributed by atoms with Crippen molar-refractivity contribution in [2.45, 2.75) is 44.8 Å². The minimum atomic E-state index is -0.627. The van der Waals surface area contributed by atoms with Gasteiger partial charge in [-0.05, 0) is 24.3 Å². The molecule has 1 fully saturated rings. The smallest absolute Gasteiger partial charge is 0.269 e. The normalized spacial score (nSPS) is 26.4. The number of benzene rings is 1. The Balaban J connectivity index is 1.86. The molecule has 0 spiro atoms. The molecule has 0 heterocycles. The van der Waals surface area contributed by atoms with Crippen LogP contribution in [0.3, 0.4) is 0 Å². The molecule has 1 aromatic rings. The van der Waals surface area contributed by atoms with Crippen LogP contribution in [0.25, 0.3) is 0 Å². The molecule has 5 nitrogen and oxygen atoms in total. The summed E-state index contributed by atoms with van der Waals surface area (Å²) in [6.45, 7) is 3.25. The molecule has 2 N–H and O–H groups in total. The Morgan fingerprint density at radius 2 is 2.35 bits per heavy atom. The second-order valence-corrected chi connectivity index (χ2v) is 5.96. The van der Waals surface area contributed by atoms with Gasteiger partial charge in [-0.15, -0.1) is 0 Å². The average molecular weight is 278 g/mol. The second-order valence-electron chi connectivity index (χ2n) is 5.96. The number of nitrogens with one attached hydrogen (secondary N) is 1. The largest absolute Gasteiger partial charge is 0.389 e. The van der Waals surface area contributed by atoms with Gasteiger partial charge >= 0.3 is 0 Å². The first-order valence-corrected chi connectivity index (χ1v) is 7.15. The van der Waals surface area contributed by atoms with E-state index >= 15 is 0 Å². The molecular weight excluding hydrogens is 256 g/mol. The maximum Gasteiger partial charge on any atom is 0.269 e. The Bertz CT molecular complexity index is 478. The van der Waals surface area contributed by atoms with Crippen LogP contribution in [0.2, 0.25) is 0 Å². The van der Waals surface area contributed by atoms with Gasteiger partial charge in [-0.25, -0.2) is 0 Å². The molecule has 2 unspecified atom stereocenters. The van der Waals surface area contributed by atoms with Crippen molar-refractivity contribution in [2.24, 2.45) is 5.92 Å². The van der Waals surface area contributed by atoms with Crippen LogP contribution in [0.5, 0.6) is 0 Å². The fourth-order valence-electron chi connectivity index (χ4n) is 3.01. The Morgan fingerprint density at radius 3 is 3.05 bits per heavy atom. The van der Waals surface area contributed by atoms with E-state index in [0.717, 1.165) is 24.8 Å². The predicted molar refractivity (Wildman–Crippen MR) is 77.4 cm³/mol. The number of aliphatic hydroxyl groups is 1. The zero-order valence-corrected chi connectivity index (χ0v) is 11.8. The molecule has 110 valence electrons. The molecule has 1 aliphatic rings. The molecule has 5 heteroatoms. The summed E-state index contributed by atoms with van der Waals surface area (Å²) in [5.74, 6) is 0.563. The van der Waals surface area contributed by atoms with Gasteiger partial charge < -0.3 is 10.4 Å². The number of nitro groups is 1. The highest BCUT2D eigenvalue weighted by Gasteiger charge is 2.31. The SMILES string of the molecule is CC1CCCC(O)(CNCc2cccc([N+](=O)[O-])c2)C1. The van der Waals surface area contributed by atoms with Crippen molar-refractivity contribution in [2.75, 3.05) is 6.54 Å². The highest BCUT2D eigenvalue weighted by Crippen LogP contribution is 2.31. The van der Waals surface area contributed by atoms with Crippen LogP contribution in [-0.2, 0) is 6.54 Å². The van der Waals surface area contributed by atoms with E-state index in [0.29, 0.717) is 19.0 Å². The van der Waals surface area contributed by atoms with E-state index in [2.05, 4.69) is 12.2 Å². The fourth-order valence-corrected chi connectivity index (χ4v) is 3.01. The molecule has 2 atom stereocenters. The molecule has 0 aromatic heterocycles. The summed E-state index contributed by atoms with van der Waals surface area (Å²) in [5, 5.41) is 24.4. The number of nitrogens with zero attached hydrogens (tertiary/aromatic N) is 1. The number of hydrogen-bond acceptors (Lipinski definition) is 4. The Kier molecular flexibility index (Phi) is 4.73. The molecule has 1 aliphatic carbocycles. The van der Waals surface area contributed by atoms with Crippen molar-refractivity contribution >= 4 is 5.69 Å². The third-order valence-electron chi connectivity index (χ3n) is 3.97. The van der Waals surface area contributed by atoms with Gasteiger partial charge in [0.1, 0.15) is 0 Å². The lowest BCUT2D eigenvalue weighted by atomic mass is 9.79. The highest BCUT2D eigenvalue weighted by atomic mass is 16.6. The molecule has 1 aromatic carbocycles. The van der Waals surface area contributed by atoms with Crippen LogP contribution in [0, 0.1) is 16.0 Å². The summed E-state index contributed by atoms with van der Waals surface area (Å²) >= 11 is 0. The van der Waals surface area contributed by atoms with E-state index in [1.807, 2.05) is 6.07 Å². The highest BCUT2D eigenvalue weighted by molar-refractivity contribution is 5.34. The summed E-state index contributed by atoms with van der Waals surface area (Å²) in [7, 11) is 0. The number of hydrogen-bond donors (Lipinski definition) is 2. The summed E-state index contributed by atoms with van der Waals surface area (Å²) in [4.78, 5) is 10.3. The van der Waals surface area contributed by atoms with Gasteiger partial charge in [0.15, 0.2) is 0 Å². The van der Waals surface area contributed by atoms with Gasteiger partial charge in [-0.2, -0.15) is 0 Å². The Hall–Kier alpha value is -1.46. The molecule has 1 saturated carbocycles. The summed E-state index contributed by atoms with van der Waals surface area (Å²) < 4.78 is 0. The van der Waals surface area contributed by atoms with E-state index in [4.69, 9.17) is 0 Å². The van der Waals surface area contributed by atoms with Crippen LogP contribution in [0.4, 0.5) is 5.69 Å². The van der Waals surface area contributed by atoms with Gasteiger partial charge in [0.2, 0.25) is 0 Å². The standard InChI is InChI=1S/C15H22N2O3/c1-12-4-3-7-15(18,9-12)11-16-10-13-5-2-6-14(8-13)17(19)20/h2,5-6,8,12,16,18H,3-4,7,9-11H2,1H3. The van der Waals surface area contributed by atoms with Gasteiger partial charge in [0, 0.05) is 25.2 Å². The first-order valence-electron chi connectivity index (χ1n) is 7.15. The maximum absolute atomic E-state index is 10.7. The first-order chi connectivity index (χ1) is 9.48. The first kappa shape index (κ1) is 14.9. The molecule has 0 aliphatic heterocycles. The third kappa shape index (κ3) is 4.02. The average Bonchev–Trinajstić information content (AvgIpc) is 2.38. The molecule has 2 rings (SSSR count). The van der Waals surface area contributed by atoms with E-state index < -0.39 is 5.60 Å². The lowest BCUT2D eigenvalue weighted by Gasteiger charge is -2.35. The second kappa shape index (κ2) is 6.33. The van der Waals surface area contributed by atoms with Crippen molar-refractivity contribution < 1.29 is 10.0 Å². The molecule has 0 amide bonds. The summed E-state index contributed by atoms with van der Waals surface area (Å²) in [6, 6.07) is 6.60. The molecule has 20 heavy (non-hydrogen) atoms. The van der Waals surface area contributed by atoms with Crippen LogP contribution < -0.4 is 5.32 Å². The lowest BCUT2D eigenvalue weighted by Crippen LogP contribution is -2.43. The zero-order valence-electron chi connectivity index (χ0n) is 11.8. The maximum atomic E-state index is 10.7. The lowest BCUT2D eigenvalue weighted by molar-refractivity contribution is -0.384. The number of rotatable bonds is 5. The van der Waals surface area contributed by atoms with Gasteiger partial charge in [-0.3, -0.25) is 10.1 Å². The van der Waals surface area contributed by atoms with Crippen molar-refractivity contribution in [3.8, 4) is 0 Å². The van der Waals surface area contributed by atoms with Gasteiger partial charge in [0.25, 0.3) is 5.69 Å². The van der Waals surface area contributed by atoms with Crippen molar-refractivity contribution in [1.82, 2.24) is 5.32 Å². The van der Waals surface area contributed by atoms with Gasteiger partial charge in [-0.1, -0.05) is 31.9 Å². The summed E-state index contributed by atoms with van der Waals surface area (Å²) in [6.07, 6.45) is 3.91. The van der Waals surface area contributed by atoms with Gasteiger partial charge in [0.05, 0.1) is 10.5 Å². The molecule has 0 radical (unpaired) electrons. The van der Waals surface area contributed by atoms with Crippen LogP contribution in [-0.4, -0.2) is 22.2 Å². The topological polar surface area (TPSA) is 75.4 Å². The molecule has 0 bridgehead atoms. The van der Waals surface area contributed by atoms with Crippen molar-refractivity contribution in [1.29, 1.82) is 0 Å². The van der Waals surface area contributed by atoms with Crippen LogP contribution >= 0.6 is 0 Å². The number of nitro benzene ring substituents is 1. The minimum absolute atomic E-state index is 0.106. The Morgan fingerprint density at radius 1 is 1.55 bits per heavy atom. The van der Waals surface area contributed by atoms with E-state index in [-0.39, 0.29) is 10.6 Å². The quantitative estimate of drug-likeness (QED) is 0.641. The monoisotopic (exact) mass is 278 g/mol. The third-order valence-corrected chi connectivity index (χ3v) is 3.97. The van der Waals surface area contributed by atoms with Crippen molar-refractivity contribution in [3.05, 3.63) is 39.9 Å². The minimum Gasteiger partial charge on any atom is -0.389 e. The predicted octanol–water partition coefficient (Wildman–Crippen LogP) is 2.63.